The highest BCUT2D eigenvalue weighted by Crippen LogP contribution is 2.44. The zero-order chi connectivity index (χ0) is 13.3. The summed E-state index contributed by atoms with van der Waals surface area (Å²) >= 11 is 0. The highest BCUT2D eigenvalue weighted by molar-refractivity contribution is 5.77. The third-order valence-corrected chi connectivity index (χ3v) is 4.59. The molecule has 2 aliphatic carbocycles. The van der Waals surface area contributed by atoms with Crippen LogP contribution in [0.2, 0.25) is 0 Å². The topological polar surface area (TPSA) is 59.5 Å². The molecule has 0 bridgehead atoms. The van der Waals surface area contributed by atoms with Crippen LogP contribution in [0.3, 0.4) is 0 Å². The average molecular weight is 262 g/mol. The predicted molar refractivity (Wildman–Crippen MR) is 72.2 cm³/mol. The van der Waals surface area contributed by atoms with Gasteiger partial charge >= 0.3 is 0 Å². The Morgan fingerprint density at radius 1 is 1.47 bits per heavy atom. The van der Waals surface area contributed by atoms with E-state index in [0.717, 1.165) is 31.4 Å². The maximum atomic E-state index is 12.5. The van der Waals surface area contributed by atoms with E-state index in [1.807, 2.05) is 17.0 Å². The van der Waals surface area contributed by atoms with Gasteiger partial charge < -0.3 is 15.1 Å². The van der Waals surface area contributed by atoms with E-state index in [1.54, 1.807) is 6.26 Å². The van der Waals surface area contributed by atoms with Crippen LogP contribution < -0.4 is 5.73 Å². The van der Waals surface area contributed by atoms with E-state index in [-0.39, 0.29) is 11.3 Å². The van der Waals surface area contributed by atoms with Gasteiger partial charge in [0, 0.05) is 12.5 Å². The SMILES string of the molecule is NCC1(CC(=O)N(Cc2ccco2)C2CC2)CCC1. The average Bonchev–Trinajstić information content (AvgIpc) is 3.07. The molecule has 1 amide bonds. The molecule has 4 heteroatoms. The van der Waals surface area contributed by atoms with Gasteiger partial charge in [-0.1, -0.05) is 6.42 Å². The summed E-state index contributed by atoms with van der Waals surface area (Å²) in [6, 6.07) is 4.23. The third-order valence-electron chi connectivity index (χ3n) is 4.59. The van der Waals surface area contributed by atoms with Gasteiger partial charge in [0.2, 0.25) is 5.91 Å². The lowest BCUT2D eigenvalue weighted by Crippen LogP contribution is -2.43. The quantitative estimate of drug-likeness (QED) is 0.855. The fourth-order valence-corrected chi connectivity index (χ4v) is 2.93. The molecule has 3 rings (SSSR count). The van der Waals surface area contributed by atoms with Crippen molar-refractivity contribution in [3.63, 3.8) is 0 Å². The van der Waals surface area contributed by atoms with Crippen molar-refractivity contribution in [3.8, 4) is 0 Å². The minimum absolute atomic E-state index is 0.0907. The number of furan rings is 1. The van der Waals surface area contributed by atoms with Crippen molar-refractivity contribution in [2.75, 3.05) is 6.54 Å². The van der Waals surface area contributed by atoms with Gasteiger partial charge in [-0.3, -0.25) is 4.79 Å². The lowest BCUT2D eigenvalue weighted by atomic mass is 9.66. The Hall–Kier alpha value is -1.29. The molecule has 0 aromatic carbocycles. The zero-order valence-electron chi connectivity index (χ0n) is 11.3. The highest BCUT2D eigenvalue weighted by Gasteiger charge is 2.41. The molecule has 2 N–H and O–H groups in total. The van der Waals surface area contributed by atoms with Gasteiger partial charge in [-0.15, -0.1) is 0 Å². The van der Waals surface area contributed by atoms with Gasteiger partial charge in [-0.2, -0.15) is 0 Å². The number of carbonyl (C=O) groups excluding carboxylic acids is 1. The van der Waals surface area contributed by atoms with Crippen LogP contribution in [0.1, 0.15) is 44.3 Å². The van der Waals surface area contributed by atoms with Crippen LogP contribution in [0.15, 0.2) is 22.8 Å². The first-order valence-electron chi connectivity index (χ1n) is 7.24. The second-order valence-corrected chi connectivity index (χ2v) is 6.07. The van der Waals surface area contributed by atoms with Crippen molar-refractivity contribution >= 4 is 5.91 Å². The molecule has 2 saturated carbocycles. The lowest BCUT2D eigenvalue weighted by Gasteiger charge is -2.41. The maximum Gasteiger partial charge on any atom is 0.223 e. The molecule has 1 heterocycles. The standard InChI is InChI=1S/C15H22N2O2/c16-11-15(6-2-7-15)9-14(18)17(12-4-5-12)10-13-3-1-8-19-13/h1,3,8,12H,2,4-7,9-11,16H2. The van der Waals surface area contributed by atoms with Crippen LogP contribution in [-0.4, -0.2) is 23.4 Å². The van der Waals surface area contributed by atoms with Crippen molar-refractivity contribution in [1.82, 2.24) is 4.90 Å². The monoisotopic (exact) mass is 262 g/mol. The minimum Gasteiger partial charge on any atom is -0.467 e. The molecule has 0 aliphatic heterocycles. The number of nitrogens with zero attached hydrogens (tertiary/aromatic N) is 1. The van der Waals surface area contributed by atoms with E-state index in [1.165, 1.54) is 6.42 Å². The van der Waals surface area contributed by atoms with Crippen LogP contribution in [0.5, 0.6) is 0 Å². The molecule has 0 atom stereocenters. The molecular formula is C15H22N2O2. The summed E-state index contributed by atoms with van der Waals surface area (Å²) in [6.45, 7) is 1.25. The zero-order valence-corrected chi connectivity index (χ0v) is 11.3. The van der Waals surface area contributed by atoms with E-state index in [4.69, 9.17) is 10.2 Å². The van der Waals surface area contributed by atoms with Crippen molar-refractivity contribution in [3.05, 3.63) is 24.2 Å². The number of rotatable bonds is 6. The summed E-state index contributed by atoms with van der Waals surface area (Å²) < 4.78 is 5.37. The summed E-state index contributed by atoms with van der Waals surface area (Å²) in [5.74, 6) is 1.12. The predicted octanol–water partition coefficient (Wildman–Crippen LogP) is 2.29. The molecule has 2 aliphatic rings. The smallest absolute Gasteiger partial charge is 0.223 e. The second-order valence-electron chi connectivity index (χ2n) is 6.07. The summed E-state index contributed by atoms with van der Waals surface area (Å²) in [4.78, 5) is 14.5. The Morgan fingerprint density at radius 2 is 2.26 bits per heavy atom. The summed E-state index contributed by atoms with van der Waals surface area (Å²) in [5.41, 5.74) is 5.95. The van der Waals surface area contributed by atoms with Crippen molar-refractivity contribution in [2.45, 2.75) is 51.1 Å². The number of carbonyl (C=O) groups is 1. The second kappa shape index (κ2) is 5.00. The Labute approximate surface area is 113 Å². The Morgan fingerprint density at radius 3 is 2.74 bits per heavy atom. The number of hydrogen-bond donors (Lipinski definition) is 1. The van der Waals surface area contributed by atoms with Gasteiger partial charge in [0.1, 0.15) is 5.76 Å². The van der Waals surface area contributed by atoms with E-state index in [0.29, 0.717) is 25.6 Å². The first-order chi connectivity index (χ1) is 9.22. The molecule has 4 nitrogen and oxygen atoms in total. The van der Waals surface area contributed by atoms with E-state index in [9.17, 15) is 4.79 Å². The molecule has 19 heavy (non-hydrogen) atoms. The Kier molecular flexibility index (Phi) is 3.35. The van der Waals surface area contributed by atoms with Crippen LogP contribution in [0.25, 0.3) is 0 Å². The maximum absolute atomic E-state index is 12.5. The molecule has 0 spiro atoms. The van der Waals surface area contributed by atoms with Crippen molar-refractivity contribution < 1.29 is 9.21 Å². The fraction of sp³-hybridized carbons (Fsp3) is 0.667. The van der Waals surface area contributed by atoms with Crippen LogP contribution in [-0.2, 0) is 11.3 Å². The van der Waals surface area contributed by atoms with Crippen molar-refractivity contribution in [2.24, 2.45) is 11.1 Å². The van der Waals surface area contributed by atoms with Crippen LogP contribution in [0.4, 0.5) is 0 Å². The molecule has 0 radical (unpaired) electrons. The number of nitrogens with two attached hydrogens (primary N) is 1. The first kappa shape index (κ1) is 12.7. The van der Waals surface area contributed by atoms with E-state index < -0.39 is 0 Å². The highest BCUT2D eigenvalue weighted by atomic mass is 16.3. The molecular weight excluding hydrogens is 240 g/mol. The van der Waals surface area contributed by atoms with Crippen molar-refractivity contribution in [1.29, 1.82) is 0 Å². The Balaban J connectivity index is 1.64. The molecule has 104 valence electrons. The van der Waals surface area contributed by atoms with E-state index in [2.05, 4.69) is 0 Å². The van der Waals surface area contributed by atoms with Gasteiger partial charge in [0.25, 0.3) is 0 Å². The molecule has 2 fully saturated rings. The van der Waals surface area contributed by atoms with Gasteiger partial charge in [-0.25, -0.2) is 0 Å². The molecule has 1 aromatic heterocycles. The first-order valence-corrected chi connectivity index (χ1v) is 7.24. The van der Waals surface area contributed by atoms with Gasteiger partial charge in [0.15, 0.2) is 0 Å². The van der Waals surface area contributed by atoms with Crippen LogP contribution in [0, 0.1) is 5.41 Å². The number of amides is 1. The van der Waals surface area contributed by atoms with Crippen LogP contribution >= 0.6 is 0 Å². The van der Waals surface area contributed by atoms with Gasteiger partial charge in [0.05, 0.1) is 12.8 Å². The fourth-order valence-electron chi connectivity index (χ4n) is 2.93. The normalized spacial score (nSPS) is 20.9. The van der Waals surface area contributed by atoms with Gasteiger partial charge in [-0.05, 0) is 49.8 Å². The molecule has 0 unspecified atom stereocenters. The largest absolute Gasteiger partial charge is 0.467 e. The summed E-state index contributed by atoms with van der Waals surface area (Å²) in [6.07, 6.45) is 7.96. The Bertz CT molecular complexity index is 427. The third kappa shape index (κ3) is 2.68. The summed E-state index contributed by atoms with van der Waals surface area (Å²) in [5, 5.41) is 0. The van der Waals surface area contributed by atoms with E-state index >= 15 is 0 Å². The lowest BCUT2D eigenvalue weighted by molar-refractivity contribution is -0.136. The molecule has 1 aromatic rings. The number of hydrogen-bond acceptors (Lipinski definition) is 3. The molecule has 0 saturated heterocycles. The minimum atomic E-state index is 0.0907. The summed E-state index contributed by atoms with van der Waals surface area (Å²) in [7, 11) is 0.